The summed E-state index contributed by atoms with van der Waals surface area (Å²) in [6.07, 6.45) is -0.266. The predicted octanol–water partition coefficient (Wildman–Crippen LogP) is 6.37. The van der Waals surface area contributed by atoms with Crippen LogP contribution in [0.4, 0.5) is 18.9 Å². The maximum absolute atomic E-state index is 13.8. The minimum absolute atomic E-state index is 0.165. The third-order valence-corrected chi connectivity index (χ3v) is 4.76. The van der Waals surface area contributed by atoms with Crippen molar-refractivity contribution in [3.63, 3.8) is 0 Å². The van der Waals surface area contributed by atoms with Crippen LogP contribution in [0.2, 0.25) is 10.0 Å². The fourth-order valence-corrected chi connectivity index (χ4v) is 3.01. The Kier molecular flexibility index (Phi) is 6.30. The first-order chi connectivity index (χ1) is 13.8. The van der Waals surface area contributed by atoms with Gasteiger partial charge in [0, 0.05) is 17.4 Å². The maximum atomic E-state index is 13.8. The Morgan fingerprint density at radius 1 is 1.21 bits per heavy atom. The fourth-order valence-electron chi connectivity index (χ4n) is 2.72. The highest BCUT2D eigenvalue weighted by atomic mass is 35.5. The highest BCUT2D eigenvalue weighted by Gasteiger charge is 2.24. The second-order valence-electron chi connectivity index (χ2n) is 6.01. The standard InChI is InChI=1S/C20H14Cl2F3N3O/c1-2-7-28-10-14(18(27-28)19(24)25)20(29)26-17-6-4-12(23)9-13(17)11-3-5-15(21)16(22)8-11/h2-6,8-10,19H,1,7H2,(H,26,29). The number of aromatic nitrogens is 2. The number of rotatable bonds is 6. The summed E-state index contributed by atoms with van der Waals surface area (Å²) >= 11 is 11.9. The third-order valence-electron chi connectivity index (χ3n) is 4.02. The first-order valence-electron chi connectivity index (χ1n) is 8.33. The smallest absolute Gasteiger partial charge is 0.282 e. The number of allylic oxidation sites excluding steroid dienone is 1. The number of nitrogens with zero attached hydrogens (tertiary/aromatic N) is 2. The molecule has 0 fully saturated rings. The van der Waals surface area contributed by atoms with Crippen LogP contribution in [-0.2, 0) is 6.54 Å². The van der Waals surface area contributed by atoms with E-state index in [-0.39, 0.29) is 22.8 Å². The van der Waals surface area contributed by atoms with Crippen LogP contribution in [0.3, 0.4) is 0 Å². The van der Waals surface area contributed by atoms with Gasteiger partial charge in [0.25, 0.3) is 12.3 Å². The molecule has 150 valence electrons. The van der Waals surface area contributed by atoms with Crippen LogP contribution in [0.15, 0.2) is 55.3 Å². The van der Waals surface area contributed by atoms with Gasteiger partial charge in [-0.1, -0.05) is 35.3 Å². The molecule has 4 nitrogen and oxygen atoms in total. The monoisotopic (exact) mass is 439 g/mol. The number of alkyl halides is 2. The number of amides is 1. The van der Waals surface area contributed by atoms with Crippen molar-refractivity contribution in [2.24, 2.45) is 0 Å². The van der Waals surface area contributed by atoms with Gasteiger partial charge in [0.15, 0.2) is 0 Å². The lowest BCUT2D eigenvalue weighted by molar-refractivity contribution is 0.101. The van der Waals surface area contributed by atoms with Crippen LogP contribution in [0.25, 0.3) is 11.1 Å². The predicted molar refractivity (Wildman–Crippen MR) is 107 cm³/mol. The van der Waals surface area contributed by atoms with Crippen molar-refractivity contribution >= 4 is 34.8 Å². The van der Waals surface area contributed by atoms with Gasteiger partial charge in [-0.15, -0.1) is 6.58 Å². The summed E-state index contributed by atoms with van der Waals surface area (Å²) in [5.41, 5.74) is 0.0833. The number of hydrogen-bond acceptors (Lipinski definition) is 2. The second-order valence-corrected chi connectivity index (χ2v) is 6.83. The van der Waals surface area contributed by atoms with Crippen LogP contribution >= 0.6 is 23.2 Å². The Hall–Kier alpha value is -2.77. The molecule has 0 saturated heterocycles. The van der Waals surface area contributed by atoms with E-state index in [2.05, 4.69) is 17.0 Å². The average molecular weight is 440 g/mol. The van der Waals surface area contributed by atoms with Crippen LogP contribution < -0.4 is 5.32 Å². The summed E-state index contributed by atoms with van der Waals surface area (Å²) in [7, 11) is 0. The van der Waals surface area contributed by atoms with Gasteiger partial charge in [-0.05, 0) is 35.9 Å². The Labute approximate surface area is 174 Å². The highest BCUT2D eigenvalue weighted by Crippen LogP contribution is 2.34. The van der Waals surface area contributed by atoms with Crippen molar-refractivity contribution in [3.05, 3.63) is 82.4 Å². The van der Waals surface area contributed by atoms with E-state index in [1.54, 1.807) is 6.07 Å². The molecule has 3 rings (SSSR count). The first kappa shape index (κ1) is 21.0. The van der Waals surface area contributed by atoms with Gasteiger partial charge in [-0.25, -0.2) is 13.2 Å². The largest absolute Gasteiger partial charge is 0.321 e. The van der Waals surface area contributed by atoms with E-state index in [1.807, 2.05) is 0 Å². The minimum Gasteiger partial charge on any atom is -0.321 e. The van der Waals surface area contributed by atoms with Gasteiger partial charge in [0.2, 0.25) is 0 Å². The van der Waals surface area contributed by atoms with Crippen molar-refractivity contribution in [1.82, 2.24) is 9.78 Å². The molecular weight excluding hydrogens is 426 g/mol. The maximum Gasteiger partial charge on any atom is 0.282 e. The van der Waals surface area contributed by atoms with Gasteiger partial charge >= 0.3 is 0 Å². The molecule has 1 aromatic heterocycles. The quantitative estimate of drug-likeness (QED) is 0.453. The van der Waals surface area contributed by atoms with Crippen LogP contribution in [0, 0.1) is 5.82 Å². The zero-order valence-electron chi connectivity index (χ0n) is 14.8. The molecule has 0 aliphatic heterocycles. The molecule has 1 N–H and O–H groups in total. The molecule has 3 aromatic rings. The number of carbonyl (C=O) groups is 1. The second kappa shape index (κ2) is 8.71. The minimum atomic E-state index is -2.94. The molecule has 0 aliphatic carbocycles. The van der Waals surface area contributed by atoms with E-state index in [0.29, 0.717) is 16.1 Å². The number of halogens is 5. The van der Waals surface area contributed by atoms with Crippen LogP contribution in [-0.4, -0.2) is 15.7 Å². The summed E-state index contributed by atoms with van der Waals surface area (Å²) in [5, 5.41) is 6.82. The average Bonchev–Trinajstić information content (AvgIpc) is 3.10. The Balaban J connectivity index is 1.99. The van der Waals surface area contributed by atoms with Gasteiger partial charge in [0.1, 0.15) is 11.5 Å². The topological polar surface area (TPSA) is 46.9 Å². The van der Waals surface area contributed by atoms with E-state index in [4.69, 9.17) is 23.2 Å². The molecule has 0 atom stereocenters. The lowest BCUT2D eigenvalue weighted by atomic mass is 10.0. The Bertz CT molecular complexity index is 1080. The summed E-state index contributed by atoms with van der Waals surface area (Å²) in [4.78, 5) is 12.7. The normalized spacial score (nSPS) is 11.0. The molecule has 9 heteroatoms. The molecule has 29 heavy (non-hydrogen) atoms. The van der Waals surface area contributed by atoms with Gasteiger partial charge in [-0.2, -0.15) is 5.10 Å². The number of carbonyl (C=O) groups excluding carboxylic acids is 1. The molecule has 0 unspecified atom stereocenters. The van der Waals surface area contributed by atoms with E-state index >= 15 is 0 Å². The number of anilines is 1. The van der Waals surface area contributed by atoms with E-state index in [0.717, 1.165) is 6.07 Å². The summed E-state index contributed by atoms with van der Waals surface area (Å²) in [6, 6.07) is 8.33. The van der Waals surface area contributed by atoms with E-state index in [1.165, 1.54) is 41.2 Å². The Morgan fingerprint density at radius 3 is 2.62 bits per heavy atom. The molecule has 0 bridgehead atoms. The molecule has 0 saturated carbocycles. The van der Waals surface area contributed by atoms with Gasteiger partial charge in [-0.3, -0.25) is 9.48 Å². The number of hydrogen-bond donors (Lipinski definition) is 1. The zero-order valence-corrected chi connectivity index (χ0v) is 16.3. The van der Waals surface area contributed by atoms with Crippen molar-refractivity contribution in [3.8, 4) is 11.1 Å². The SMILES string of the molecule is C=CCn1cc(C(=O)Nc2ccc(F)cc2-c2ccc(Cl)c(Cl)c2)c(C(F)F)n1. The van der Waals surface area contributed by atoms with Crippen molar-refractivity contribution in [2.45, 2.75) is 13.0 Å². The van der Waals surface area contributed by atoms with E-state index < -0.39 is 23.8 Å². The summed E-state index contributed by atoms with van der Waals surface area (Å²) < 4.78 is 41.6. The van der Waals surface area contributed by atoms with E-state index in [9.17, 15) is 18.0 Å². The zero-order chi connectivity index (χ0) is 21.1. The summed E-state index contributed by atoms with van der Waals surface area (Å²) in [6.45, 7) is 3.68. The lowest BCUT2D eigenvalue weighted by Crippen LogP contribution is -2.14. The molecule has 0 radical (unpaired) electrons. The van der Waals surface area contributed by atoms with Crippen molar-refractivity contribution in [1.29, 1.82) is 0 Å². The molecule has 2 aromatic carbocycles. The number of benzene rings is 2. The Morgan fingerprint density at radius 2 is 1.97 bits per heavy atom. The van der Waals surface area contributed by atoms with Gasteiger partial charge in [0.05, 0.1) is 22.2 Å². The first-order valence-corrected chi connectivity index (χ1v) is 9.08. The highest BCUT2D eigenvalue weighted by molar-refractivity contribution is 6.42. The van der Waals surface area contributed by atoms with Crippen molar-refractivity contribution in [2.75, 3.05) is 5.32 Å². The van der Waals surface area contributed by atoms with Crippen molar-refractivity contribution < 1.29 is 18.0 Å². The molecule has 1 amide bonds. The van der Waals surface area contributed by atoms with Crippen LogP contribution in [0.1, 0.15) is 22.5 Å². The van der Waals surface area contributed by atoms with Gasteiger partial charge < -0.3 is 5.32 Å². The third kappa shape index (κ3) is 4.63. The molecule has 1 heterocycles. The summed E-state index contributed by atoms with van der Waals surface area (Å²) in [5.74, 6) is -1.35. The van der Waals surface area contributed by atoms with Crippen LogP contribution in [0.5, 0.6) is 0 Å². The fraction of sp³-hybridized carbons (Fsp3) is 0.100. The number of nitrogens with one attached hydrogen (secondary N) is 1. The molecular formula is C20H14Cl2F3N3O. The lowest BCUT2D eigenvalue weighted by Gasteiger charge is -2.12. The molecule has 0 aliphatic rings. The molecule has 0 spiro atoms.